The number of alkyl halides is 1. The second kappa shape index (κ2) is 5.24. The third-order valence-electron chi connectivity index (χ3n) is 1.30. The van der Waals surface area contributed by atoms with Gasteiger partial charge < -0.3 is 0 Å². The maximum absolute atomic E-state index is 5.72. The SMILES string of the molecule is Clc1ccc(C#CCCBr)cc1. The highest BCUT2D eigenvalue weighted by Crippen LogP contribution is 2.08. The van der Waals surface area contributed by atoms with Crippen molar-refractivity contribution in [1.82, 2.24) is 0 Å². The standard InChI is InChI=1S/C10H8BrCl/c11-8-2-1-3-9-4-6-10(12)7-5-9/h4-7H,2,8H2. The molecule has 0 unspecified atom stereocenters. The van der Waals surface area contributed by atoms with Crippen LogP contribution in [-0.2, 0) is 0 Å². The van der Waals surface area contributed by atoms with E-state index in [1.807, 2.05) is 24.3 Å². The molecule has 0 bridgehead atoms. The van der Waals surface area contributed by atoms with Crippen LogP contribution in [0, 0.1) is 11.8 Å². The second-order valence-electron chi connectivity index (χ2n) is 2.25. The molecule has 1 aromatic carbocycles. The highest BCUT2D eigenvalue weighted by Gasteiger charge is 1.86. The molecular formula is C10H8BrCl. The summed E-state index contributed by atoms with van der Waals surface area (Å²) in [5.74, 6) is 6.06. The van der Waals surface area contributed by atoms with Crippen molar-refractivity contribution >= 4 is 27.5 Å². The van der Waals surface area contributed by atoms with Crippen LogP contribution < -0.4 is 0 Å². The first-order valence-corrected chi connectivity index (χ1v) is 5.13. The van der Waals surface area contributed by atoms with E-state index in [9.17, 15) is 0 Å². The lowest BCUT2D eigenvalue weighted by atomic mass is 10.2. The largest absolute Gasteiger partial charge is 0.0970 e. The molecule has 0 atom stereocenters. The molecule has 0 N–H and O–H groups in total. The molecule has 1 aromatic rings. The lowest BCUT2D eigenvalue weighted by Gasteiger charge is -1.89. The van der Waals surface area contributed by atoms with Crippen LogP contribution in [-0.4, -0.2) is 5.33 Å². The van der Waals surface area contributed by atoms with Gasteiger partial charge in [-0.2, -0.15) is 0 Å². The molecule has 0 amide bonds. The predicted molar refractivity (Wildman–Crippen MR) is 56.7 cm³/mol. The summed E-state index contributed by atoms with van der Waals surface area (Å²) >= 11 is 9.03. The number of halogens is 2. The second-order valence-corrected chi connectivity index (χ2v) is 3.48. The van der Waals surface area contributed by atoms with E-state index in [1.54, 1.807) is 0 Å². The van der Waals surface area contributed by atoms with Gasteiger partial charge in [-0.1, -0.05) is 39.4 Å². The molecule has 0 aliphatic carbocycles. The Balaban J connectivity index is 2.66. The smallest absolute Gasteiger partial charge is 0.0406 e. The van der Waals surface area contributed by atoms with Crippen molar-refractivity contribution in [2.45, 2.75) is 6.42 Å². The third kappa shape index (κ3) is 3.30. The lowest BCUT2D eigenvalue weighted by Crippen LogP contribution is -1.73. The zero-order valence-electron chi connectivity index (χ0n) is 6.48. The van der Waals surface area contributed by atoms with Crippen molar-refractivity contribution in [3.8, 4) is 11.8 Å². The van der Waals surface area contributed by atoms with Gasteiger partial charge in [0, 0.05) is 22.3 Å². The van der Waals surface area contributed by atoms with E-state index in [4.69, 9.17) is 11.6 Å². The van der Waals surface area contributed by atoms with Crippen LogP contribution in [0.3, 0.4) is 0 Å². The summed E-state index contributed by atoms with van der Waals surface area (Å²) in [5.41, 5.74) is 1.01. The van der Waals surface area contributed by atoms with Gasteiger partial charge in [0.2, 0.25) is 0 Å². The molecule has 0 radical (unpaired) electrons. The molecule has 0 saturated carbocycles. The van der Waals surface area contributed by atoms with E-state index >= 15 is 0 Å². The normalized spacial score (nSPS) is 8.83. The first kappa shape index (κ1) is 9.64. The van der Waals surface area contributed by atoms with Crippen molar-refractivity contribution in [2.24, 2.45) is 0 Å². The summed E-state index contributed by atoms with van der Waals surface area (Å²) in [6.45, 7) is 0. The van der Waals surface area contributed by atoms with Crippen LogP contribution in [0.5, 0.6) is 0 Å². The van der Waals surface area contributed by atoms with Crippen LogP contribution in [0.2, 0.25) is 5.02 Å². The minimum Gasteiger partial charge on any atom is -0.0970 e. The molecule has 0 heterocycles. The highest BCUT2D eigenvalue weighted by atomic mass is 79.9. The Morgan fingerprint density at radius 2 is 1.92 bits per heavy atom. The molecule has 0 nitrogen and oxygen atoms in total. The van der Waals surface area contributed by atoms with E-state index in [-0.39, 0.29) is 0 Å². The minimum absolute atomic E-state index is 0.751. The molecule has 2 heteroatoms. The van der Waals surface area contributed by atoms with Crippen LogP contribution in [0.25, 0.3) is 0 Å². The highest BCUT2D eigenvalue weighted by molar-refractivity contribution is 9.09. The molecule has 0 aliphatic heterocycles. The van der Waals surface area contributed by atoms with E-state index < -0.39 is 0 Å². The van der Waals surface area contributed by atoms with Gasteiger partial charge >= 0.3 is 0 Å². The maximum Gasteiger partial charge on any atom is 0.0406 e. The third-order valence-corrected chi connectivity index (χ3v) is 1.94. The van der Waals surface area contributed by atoms with E-state index in [2.05, 4.69) is 27.8 Å². The monoisotopic (exact) mass is 242 g/mol. The Hall–Kier alpha value is -0.450. The van der Waals surface area contributed by atoms with E-state index in [0.29, 0.717) is 0 Å². The molecule has 0 saturated heterocycles. The lowest BCUT2D eigenvalue weighted by molar-refractivity contribution is 1.32. The zero-order chi connectivity index (χ0) is 8.81. The van der Waals surface area contributed by atoms with Gasteiger partial charge in [0.1, 0.15) is 0 Å². The molecule has 0 aliphatic rings. The van der Waals surface area contributed by atoms with Crippen LogP contribution in [0.4, 0.5) is 0 Å². The fraction of sp³-hybridized carbons (Fsp3) is 0.200. The fourth-order valence-corrected chi connectivity index (χ4v) is 1.07. The number of rotatable bonds is 1. The fourth-order valence-electron chi connectivity index (χ4n) is 0.745. The van der Waals surface area contributed by atoms with E-state index in [1.165, 1.54) is 0 Å². The average Bonchev–Trinajstić information content (AvgIpc) is 2.09. The molecule has 0 fully saturated rings. The molecule has 1 rings (SSSR count). The first-order valence-electron chi connectivity index (χ1n) is 3.63. The molecule has 0 spiro atoms. The van der Waals surface area contributed by atoms with Gasteiger partial charge in [0.05, 0.1) is 0 Å². The topological polar surface area (TPSA) is 0 Å². The quantitative estimate of drug-likeness (QED) is 0.523. The predicted octanol–water partition coefficient (Wildman–Crippen LogP) is 3.48. The molecule has 62 valence electrons. The maximum atomic E-state index is 5.72. The summed E-state index contributed by atoms with van der Waals surface area (Å²) in [7, 11) is 0. The summed E-state index contributed by atoms with van der Waals surface area (Å²) in [6.07, 6.45) is 0.878. The van der Waals surface area contributed by atoms with Crippen LogP contribution in [0.15, 0.2) is 24.3 Å². The van der Waals surface area contributed by atoms with Crippen molar-refractivity contribution in [1.29, 1.82) is 0 Å². The van der Waals surface area contributed by atoms with Gasteiger partial charge in [-0.15, -0.1) is 0 Å². The Kier molecular flexibility index (Phi) is 4.21. The van der Waals surface area contributed by atoms with Crippen LogP contribution in [0.1, 0.15) is 12.0 Å². The van der Waals surface area contributed by atoms with E-state index in [0.717, 1.165) is 22.3 Å². The van der Waals surface area contributed by atoms with Crippen molar-refractivity contribution in [3.63, 3.8) is 0 Å². The summed E-state index contributed by atoms with van der Waals surface area (Å²) < 4.78 is 0. The number of hydrogen-bond acceptors (Lipinski definition) is 0. The van der Waals surface area contributed by atoms with Gasteiger partial charge in [-0.05, 0) is 24.3 Å². The Morgan fingerprint density at radius 1 is 1.25 bits per heavy atom. The van der Waals surface area contributed by atoms with Gasteiger partial charge in [-0.3, -0.25) is 0 Å². The van der Waals surface area contributed by atoms with Crippen molar-refractivity contribution < 1.29 is 0 Å². The summed E-state index contributed by atoms with van der Waals surface area (Å²) in [6, 6.07) is 7.53. The summed E-state index contributed by atoms with van der Waals surface area (Å²) in [4.78, 5) is 0. The van der Waals surface area contributed by atoms with Crippen molar-refractivity contribution in [2.75, 3.05) is 5.33 Å². The Morgan fingerprint density at radius 3 is 2.50 bits per heavy atom. The van der Waals surface area contributed by atoms with Crippen LogP contribution >= 0.6 is 27.5 Å². The first-order chi connectivity index (χ1) is 5.83. The van der Waals surface area contributed by atoms with Gasteiger partial charge in [0.25, 0.3) is 0 Å². The molecule has 0 aromatic heterocycles. The van der Waals surface area contributed by atoms with Gasteiger partial charge in [0.15, 0.2) is 0 Å². The Bertz CT molecular complexity index is 292. The average molecular weight is 244 g/mol. The Labute approximate surface area is 86.1 Å². The molecule has 12 heavy (non-hydrogen) atoms. The van der Waals surface area contributed by atoms with Gasteiger partial charge in [-0.25, -0.2) is 0 Å². The number of hydrogen-bond donors (Lipinski definition) is 0. The minimum atomic E-state index is 0.751. The van der Waals surface area contributed by atoms with Crippen molar-refractivity contribution in [3.05, 3.63) is 34.9 Å². The molecular weight excluding hydrogens is 235 g/mol. The zero-order valence-corrected chi connectivity index (χ0v) is 8.82. The summed E-state index contributed by atoms with van der Waals surface area (Å²) in [5, 5.41) is 1.68. The number of benzene rings is 1.